The third kappa shape index (κ3) is 5.08. The Morgan fingerprint density at radius 3 is 1.70 bits per heavy atom. The molecule has 4 aromatic rings. The third-order valence-corrected chi connectivity index (χ3v) is 6.21. The fourth-order valence-corrected chi connectivity index (χ4v) is 4.49. The van der Waals surface area contributed by atoms with Gasteiger partial charge in [-0.05, 0) is 28.3 Å². The van der Waals surface area contributed by atoms with Crippen molar-refractivity contribution in [3.05, 3.63) is 147 Å². The van der Waals surface area contributed by atoms with Crippen molar-refractivity contribution in [2.45, 2.75) is 17.9 Å². The van der Waals surface area contributed by atoms with Crippen molar-refractivity contribution < 1.29 is 24.0 Å². The van der Waals surface area contributed by atoms with E-state index < -0.39 is 39.8 Å². The molecule has 0 saturated carbocycles. The Kier molecular flexibility index (Phi) is 7.39. The molecule has 0 aliphatic carbocycles. The van der Waals surface area contributed by atoms with Crippen LogP contribution in [0.1, 0.15) is 22.3 Å². The number of nitrogens with zero attached hydrogens (tertiary/aromatic N) is 1. The van der Waals surface area contributed by atoms with Crippen LogP contribution in [0.5, 0.6) is 0 Å². The van der Waals surface area contributed by atoms with Crippen LogP contribution in [0.3, 0.4) is 0 Å². The van der Waals surface area contributed by atoms with Gasteiger partial charge in [-0.2, -0.15) is 4.39 Å². The highest BCUT2D eigenvalue weighted by atomic mass is 19.1. The first-order valence-corrected chi connectivity index (χ1v) is 11.5. The smallest absolute Gasteiger partial charge is 0.326 e. The van der Waals surface area contributed by atoms with Crippen LogP contribution in [0.4, 0.5) is 10.1 Å². The van der Waals surface area contributed by atoms with Crippen molar-refractivity contribution in [2.75, 3.05) is 0 Å². The molecule has 0 bridgehead atoms. The number of amides is 1. The van der Waals surface area contributed by atoms with Crippen molar-refractivity contribution in [1.29, 1.82) is 0 Å². The van der Waals surface area contributed by atoms with Gasteiger partial charge in [0.25, 0.3) is 0 Å². The second-order valence-corrected chi connectivity index (χ2v) is 8.46. The first-order valence-electron chi connectivity index (χ1n) is 11.5. The van der Waals surface area contributed by atoms with E-state index in [0.717, 1.165) is 12.1 Å². The molecule has 37 heavy (non-hydrogen) atoms. The summed E-state index contributed by atoms with van der Waals surface area (Å²) in [4.78, 5) is 36.8. The standard InChI is InChI=1S/C29H23FN2O5/c30-24-17-16-20(19-26(24)32(36)37)18-25(27(33)34)31-28(35)29(21-10-4-1-5-11-21,22-12-6-2-7-13-22)23-14-8-3-9-15-23/h1-17,19,25H,18H2,(H,31,35)(H,33,34)/t25-/m0/s1. The molecule has 0 fully saturated rings. The van der Waals surface area contributed by atoms with Crippen molar-refractivity contribution in [3.63, 3.8) is 0 Å². The van der Waals surface area contributed by atoms with Crippen LogP contribution < -0.4 is 5.32 Å². The normalized spacial score (nSPS) is 11.9. The number of hydrogen-bond acceptors (Lipinski definition) is 4. The molecule has 186 valence electrons. The van der Waals surface area contributed by atoms with Gasteiger partial charge in [0.15, 0.2) is 0 Å². The van der Waals surface area contributed by atoms with E-state index in [1.54, 1.807) is 72.8 Å². The van der Waals surface area contributed by atoms with Crippen LogP contribution >= 0.6 is 0 Å². The maximum absolute atomic E-state index is 14.3. The largest absolute Gasteiger partial charge is 0.480 e. The fourth-order valence-electron chi connectivity index (χ4n) is 4.49. The molecule has 0 aromatic heterocycles. The molecule has 0 heterocycles. The topological polar surface area (TPSA) is 110 Å². The van der Waals surface area contributed by atoms with E-state index in [1.165, 1.54) is 6.07 Å². The Morgan fingerprint density at radius 2 is 1.30 bits per heavy atom. The molecule has 4 rings (SSSR count). The van der Waals surface area contributed by atoms with E-state index in [2.05, 4.69) is 5.32 Å². The van der Waals surface area contributed by atoms with Gasteiger partial charge in [0, 0.05) is 12.5 Å². The molecule has 1 amide bonds. The van der Waals surface area contributed by atoms with Gasteiger partial charge >= 0.3 is 11.7 Å². The van der Waals surface area contributed by atoms with E-state index in [-0.39, 0.29) is 12.0 Å². The van der Waals surface area contributed by atoms with Gasteiger partial charge in [-0.15, -0.1) is 0 Å². The quantitative estimate of drug-likeness (QED) is 0.194. The van der Waals surface area contributed by atoms with Crippen molar-refractivity contribution >= 4 is 17.6 Å². The lowest BCUT2D eigenvalue weighted by Crippen LogP contribution is -2.52. The molecular formula is C29H23FN2O5. The zero-order chi connectivity index (χ0) is 26.4. The number of carboxylic acids is 1. The number of rotatable bonds is 9. The first kappa shape index (κ1) is 25.2. The van der Waals surface area contributed by atoms with Gasteiger partial charge in [0.1, 0.15) is 11.5 Å². The molecule has 8 heteroatoms. The summed E-state index contributed by atoms with van der Waals surface area (Å²) in [5.74, 6) is -2.94. The molecule has 0 aliphatic rings. The van der Waals surface area contributed by atoms with Crippen molar-refractivity contribution in [2.24, 2.45) is 0 Å². The third-order valence-electron chi connectivity index (χ3n) is 6.21. The lowest BCUT2D eigenvalue weighted by molar-refractivity contribution is -0.387. The minimum Gasteiger partial charge on any atom is -0.480 e. The second kappa shape index (κ2) is 10.8. The van der Waals surface area contributed by atoms with Crippen molar-refractivity contribution in [3.8, 4) is 0 Å². The Morgan fingerprint density at radius 1 is 0.838 bits per heavy atom. The molecule has 0 saturated heterocycles. The second-order valence-electron chi connectivity index (χ2n) is 8.46. The van der Waals surface area contributed by atoms with Crippen LogP contribution in [0, 0.1) is 15.9 Å². The molecule has 7 nitrogen and oxygen atoms in total. The SMILES string of the molecule is O=C(O)[C@H](Cc1ccc(F)c([N+](=O)[O-])c1)NC(=O)C(c1ccccc1)(c1ccccc1)c1ccccc1. The van der Waals surface area contributed by atoms with E-state index in [1.807, 2.05) is 18.2 Å². The summed E-state index contributed by atoms with van der Waals surface area (Å²) >= 11 is 0. The average Bonchev–Trinajstić information content (AvgIpc) is 2.91. The van der Waals surface area contributed by atoms with E-state index >= 15 is 0 Å². The van der Waals surface area contributed by atoms with Gasteiger partial charge < -0.3 is 10.4 Å². The first-order chi connectivity index (χ1) is 17.8. The molecule has 0 unspecified atom stereocenters. The van der Waals surface area contributed by atoms with Gasteiger partial charge in [-0.3, -0.25) is 14.9 Å². The monoisotopic (exact) mass is 498 g/mol. The highest BCUT2D eigenvalue weighted by Crippen LogP contribution is 2.39. The summed E-state index contributed by atoms with van der Waals surface area (Å²) in [5, 5.41) is 23.8. The number of carboxylic acid groups (broad SMARTS) is 1. The summed E-state index contributed by atoms with van der Waals surface area (Å²) in [5.41, 5.74) is -0.0678. The molecule has 4 aromatic carbocycles. The number of benzene rings is 4. The molecule has 0 radical (unpaired) electrons. The van der Waals surface area contributed by atoms with Crippen LogP contribution in [-0.2, 0) is 21.4 Å². The number of nitro benzene ring substituents is 1. The summed E-state index contributed by atoms with van der Waals surface area (Å²) in [6.07, 6.45) is -0.281. The van der Waals surface area contributed by atoms with Crippen LogP contribution in [0.2, 0.25) is 0 Å². The molecule has 0 spiro atoms. The van der Waals surface area contributed by atoms with E-state index in [4.69, 9.17) is 0 Å². The molecule has 2 N–H and O–H groups in total. The minimum absolute atomic E-state index is 0.200. The van der Waals surface area contributed by atoms with Gasteiger partial charge in [0.2, 0.25) is 11.7 Å². The Hall–Kier alpha value is -4.85. The fraction of sp³-hybridized carbons (Fsp3) is 0.103. The summed E-state index contributed by atoms with van der Waals surface area (Å²) in [7, 11) is 0. The Balaban J connectivity index is 1.82. The molecule has 1 atom stereocenters. The molecule has 0 aliphatic heterocycles. The Bertz CT molecular complexity index is 1320. The number of aliphatic carboxylic acids is 1. The summed E-state index contributed by atoms with van der Waals surface area (Å²) < 4.78 is 13.8. The number of nitro groups is 1. The number of hydrogen-bond donors (Lipinski definition) is 2. The molecular weight excluding hydrogens is 475 g/mol. The maximum Gasteiger partial charge on any atom is 0.326 e. The van der Waals surface area contributed by atoms with E-state index in [9.17, 15) is 29.2 Å². The van der Waals surface area contributed by atoms with Gasteiger partial charge in [0.05, 0.1) is 4.92 Å². The number of carbonyl (C=O) groups excluding carboxylic acids is 1. The zero-order valence-electron chi connectivity index (χ0n) is 19.6. The van der Waals surface area contributed by atoms with Crippen LogP contribution in [0.25, 0.3) is 0 Å². The van der Waals surface area contributed by atoms with Crippen LogP contribution in [-0.4, -0.2) is 27.9 Å². The summed E-state index contributed by atoms with van der Waals surface area (Å²) in [6.45, 7) is 0. The average molecular weight is 499 g/mol. The van der Waals surface area contributed by atoms with Gasteiger partial charge in [-0.25, -0.2) is 4.79 Å². The highest BCUT2D eigenvalue weighted by Gasteiger charge is 2.45. The predicted molar refractivity (Wildman–Crippen MR) is 136 cm³/mol. The summed E-state index contributed by atoms with van der Waals surface area (Å²) in [6, 6.07) is 28.8. The highest BCUT2D eigenvalue weighted by molar-refractivity contribution is 5.98. The Labute approximate surface area is 212 Å². The predicted octanol–water partition coefficient (Wildman–Crippen LogP) is 4.88. The zero-order valence-corrected chi connectivity index (χ0v) is 19.6. The van der Waals surface area contributed by atoms with Crippen molar-refractivity contribution in [1.82, 2.24) is 5.32 Å². The van der Waals surface area contributed by atoms with E-state index in [0.29, 0.717) is 16.7 Å². The lowest BCUT2D eigenvalue weighted by Gasteiger charge is -2.35. The maximum atomic E-state index is 14.3. The van der Waals surface area contributed by atoms with Crippen LogP contribution in [0.15, 0.2) is 109 Å². The number of halogens is 1. The van der Waals surface area contributed by atoms with Gasteiger partial charge in [-0.1, -0.05) is 97.1 Å². The number of carbonyl (C=O) groups is 2. The number of nitrogens with one attached hydrogen (secondary N) is 1. The minimum atomic E-state index is -1.44. The lowest BCUT2D eigenvalue weighted by atomic mass is 9.68.